The minimum Gasteiger partial charge on any atom is -0.271 e. The maximum absolute atomic E-state index is 14.0. The van der Waals surface area contributed by atoms with Gasteiger partial charge in [-0.15, -0.1) is 0 Å². The molecule has 6 heteroatoms. The molecule has 0 amide bonds. The first-order valence-electron chi connectivity index (χ1n) is 5.62. The number of pyridine rings is 1. The zero-order chi connectivity index (χ0) is 13.8. The van der Waals surface area contributed by atoms with Crippen LogP contribution in [0.25, 0.3) is 0 Å². The number of nitrogens with one attached hydrogen (secondary N) is 1. The van der Waals surface area contributed by atoms with E-state index in [0.717, 1.165) is 10.2 Å². The highest BCUT2D eigenvalue weighted by atomic mass is 79.9. The Morgan fingerprint density at radius 2 is 2.16 bits per heavy atom. The van der Waals surface area contributed by atoms with E-state index < -0.39 is 5.82 Å². The second-order valence-electron chi connectivity index (χ2n) is 4.03. The average molecular weight is 345 g/mol. The molecule has 0 bridgehead atoms. The monoisotopic (exact) mass is 343 g/mol. The van der Waals surface area contributed by atoms with Crippen molar-refractivity contribution in [1.82, 2.24) is 10.4 Å². The maximum atomic E-state index is 14.0. The predicted octanol–water partition coefficient (Wildman–Crippen LogP) is 3.38. The van der Waals surface area contributed by atoms with Gasteiger partial charge in [-0.05, 0) is 34.1 Å². The molecule has 0 aliphatic rings. The minimum absolute atomic E-state index is 0.0847. The Kier molecular flexibility index (Phi) is 4.87. The molecular weight excluding hydrogens is 333 g/mol. The van der Waals surface area contributed by atoms with Crippen LogP contribution in [0.3, 0.4) is 0 Å². The van der Waals surface area contributed by atoms with Crippen molar-refractivity contribution in [2.45, 2.75) is 12.5 Å². The van der Waals surface area contributed by atoms with Crippen LogP contribution < -0.4 is 11.3 Å². The SMILES string of the molecule is NNC(Cc1ccc(Br)cn1)c1cccc(Cl)c1F. The summed E-state index contributed by atoms with van der Waals surface area (Å²) in [5, 5.41) is 0.0847. The van der Waals surface area contributed by atoms with Crippen LogP contribution in [0.15, 0.2) is 41.0 Å². The number of nitrogens with two attached hydrogens (primary N) is 1. The molecule has 2 rings (SSSR count). The second-order valence-corrected chi connectivity index (χ2v) is 5.36. The van der Waals surface area contributed by atoms with Gasteiger partial charge in [-0.25, -0.2) is 4.39 Å². The summed E-state index contributed by atoms with van der Waals surface area (Å²) >= 11 is 9.09. The van der Waals surface area contributed by atoms with Crippen LogP contribution in [0.2, 0.25) is 5.02 Å². The summed E-state index contributed by atoms with van der Waals surface area (Å²) in [6.45, 7) is 0. The first-order chi connectivity index (χ1) is 9.11. The van der Waals surface area contributed by atoms with E-state index in [9.17, 15) is 4.39 Å². The molecule has 1 unspecified atom stereocenters. The first kappa shape index (κ1) is 14.4. The molecule has 1 aromatic carbocycles. The van der Waals surface area contributed by atoms with Gasteiger partial charge in [-0.1, -0.05) is 23.7 Å². The highest BCUT2D eigenvalue weighted by molar-refractivity contribution is 9.10. The van der Waals surface area contributed by atoms with E-state index in [2.05, 4.69) is 26.3 Å². The van der Waals surface area contributed by atoms with E-state index in [4.69, 9.17) is 17.4 Å². The van der Waals surface area contributed by atoms with E-state index >= 15 is 0 Å². The van der Waals surface area contributed by atoms with Crippen LogP contribution in [0.5, 0.6) is 0 Å². The van der Waals surface area contributed by atoms with Crippen molar-refractivity contribution in [3.05, 3.63) is 63.1 Å². The normalized spacial score (nSPS) is 12.4. The molecule has 3 nitrogen and oxygen atoms in total. The fourth-order valence-electron chi connectivity index (χ4n) is 1.78. The zero-order valence-corrected chi connectivity index (χ0v) is 12.2. The summed E-state index contributed by atoms with van der Waals surface area (Å²) in [5.74, 6) is 5.05. The number of halogens is 3. The van der Waals surface area contributed by atoms with Crippen molar-refractivity contribution in [2.75, 3.05) is 0 Å². The average Bonchev–Trinajstić information content (AvgIpc) is 2.42. The molecule has 0 saturated carbocycles. The van der Waals surface area contributed by atoms with Crippen LogP contribution in [-0.2, 0) is 6.42 Å². The quantitative estimate of drug-likeness (QED) is 0.660. The van der Waals surface area contributed by atoms with Gasteiger partial charge >= 0.3 is 0 Å². The van der Waals surface area contributed by atoms with Gasteiger partial charge in [-0.2, -0.15) is 0 Å². The summed E-state index contributed by atoms with van der Waals surface area (Å²) in [7, 11) is 0. The molecule has 0 fully saturated rings. The zero-order valence-electron chi connectivity index (χ0n) is 9.91. The summed E-state index contributed by atoms with van der Waals surface area (Å²) in [4.78, 5) is 4.25. The van der Waals surface area contributed by atoms with Crippen LogP contribution in [0.1, 0.15) is 17.3 Å². The standard InChI is InChI=1S/C13H12BrClFN3/c14-8-4-5-9(18-7-8)6-12(19-17)10-2-1-3-11(15)13(10)16/h1-5,7,12,19H,6,17H2. The molecule has 3 N–H and O–H groups in total. The van der Waals surface area contributed by atoms with Gasteiger partial charge in [0.05, 0.1) is 11.1 Å². The number of hydrogen-bond acceptors (Lipinski definition) is 3. The lowest BCUT2D eigenvalue weighted by atomic mass is 10.0. The lowest BCUT2D eigenvalue weighted by molar-refractivity contribution is 0.507. The van der Waals surface area contributed by atoms with Crippen molar-refractivity contribution in [2.24, 2.45) is 5.84 Å². The van der Waals surface area contributed by atoms with Crippen LogP contribution in [-0.4, -0.2) is 4.98 Å². The molecule has 0 aliphatic carbocycles. The molecule has 0 spiro atoms. The van der Waals surface area contributed by atoms with Gasteiger partial charge in [0.25, 0.3) is 0 Å². The largest absolute Gasteiger partial charge is 0.271 e. The Bertz CT molecular complexity index is 562. The number of hydrogen-bond donors (Lipinski definition) is 2. The minimum atomic E-state index is -0.454. The van der Waals surface area contributed by atoms with Crippen LogP contribution >= 0.6 is 27.5 Å². The molecule has 0 aliphatic heterocycles. The lowest BCUT2D eigenvalue weighted by Gasteiger charge is -2.17. The van der Waals surface area contributed by atoms with Crippen molar-refractivity contribution in [3.8, 4) is 0 Å². The van der Waals surface area contributed by atoms with E-state index in [1.807, 2.05) is 12.1 Å². The second kappa shape index (κ2) is 6.43. The molecule has 1 heterocycles. The van der Waals surface area contributed by atoms with E-state index in [1.54, 1.807) is 18.3 Å². The van der Waals surface area contributed by atoms with Gasteiger partial charge in [0.15, 0.2) is 0 Å². The molecule has 19 heavy (non-hydrogen) atoms. The highest BCUT2D eigenvalue weighted by Gasteiger charge is 2.17. The Morgan fingerprint density at radius 1 is 1.37 bits per heavy atom. The molecule has 100 valence electrons. The van der Waals surface area contributed by atoms with Crippen LogP contribution in [0, 0.1) is 5.82 Å². The molecule has 2 aromatic rings. The van der Waals surface area contributed by atoms with Gasteiger partial charge in [0, 0.05) is 28.3 Å². The Morgan fingerprint density at radius 3 is 2.79 bits per heavy atom. The number of benzene rings is 1. The maximum Gasteiger partial charge on any atom is 0.146 e. The number of hydrazine groups is 1. The molecule has 1 aromatic heterocycles. The summed E-state index contributed by atoms with van der Waals surface area (Å²) in [5.41, 5.74) is 3.84. The summed E-state index contributed by atoms with van der Waals surface area (Å²) in [6, 6.07) is 8.21. The Balaban J connectivity index is 2.25. The van der Waals surface area contributed by atoms with Crippen molar-refractivity contribution >= 4 is 27.5 Å². The molecular formula is C13H12BrClFN3. The highest BCUT2D eigenvalue weighted by Crippen LogP contribution is 2.25. The lowest BCUT2D eigenvalue weighted by Crippen LogP contribution is -2.30. The smallest absolute Gasteiger partial charge is 0.146 e. The first-order valence-corrected chi connectivity index (χ1v) is 6.79. The van der Waals surface area contributed by atoms with E-state index in [-0.39, 0.29) is 11.1 Å². The molecule has 0 radical (unpaired) electrons. The number of aromatic nitrogens is 1. The fourth-order valence-corrected chi connectivity index (χ4v) is 2.20. The predicted molar refractivity (Wildman–Crippen MR) is 77.1 cm³/mol. The third kappa shape index (κ3) is 3.51. The number of nitrogens with zero attached hydrogens (tertiary/aromatic N) is 1. The van der Waals surface area contributed by atoms with E-state index in [0.29, 0.717) is 12.0 Å². The van der Waals surface area contributed by atoms with Crippen LogP contribution in [0.4, 0.5) is 4.39 Å². The topological polar surface area (TPSA) is 50.9 Å². The third-order valence-electron chi connectivity index (χ3n) is 2.76. The van der Waals surface area contributed by atoms with Gasteiger partial charge in [0.1, 0.15) is 5.82 Å². The van der Waals surface area contributed by atoms with Crippen molar-refractivity contribution in [1.29, 1.82) is 0 Å². The van der Waals surface area contributed by atoms with Gasteiger partial charge in [0.2, 0.25) is 0 Å². The third-order valence-corrected chi connectivity index (χ3v) is 3.52. The number of rotatable bonds is 4. The van der Waals surface area contributed by atoms with Crippen molar-refractivity contribution < 1.29 is 4.39 Å². The van der Waals surface area contributed by atoms with Gasteiger partial charge < -0.3 is 0 Å². The fraction of sp³-hybridized carbons (Fsp3) is 0.154. The van der Waals surface area contributed by atoms with Crippen molar-refractivity contribution in [3.63, 3.8) is 0 Å². The molecule has 1 atom stereocenters. The van der Waals surface area contributed by atoms with E-state index in [1.165, 1.54) is 6.07 Å². The Labute approximate surface area is 124 Å². The summed E-state index contributed by atoms with van der Waals surface area (Å²) < 4.78 is 14.8. The summed E-state index contributed by atoms with van der Waals surface area (Å²) in [6.07, 6.45) is 2.16. The molecule has 0 saturated heterocycles. The Hall–Kier alpha value is -1.01. The van der Waals surface area contributed by atoms with Gasteiger partial charge in [-0.3, -0.25) is 16.3 Å².